The Morgan fingerprint density at radius 3 is 2.64 bits per heavy atom. The summed E-state index contributed by atoms with van der Waals surface area (Å²) < 4.78 is 5.27. The average Bonchev–Trinajstić information content (AvgIpc) is 3.20. The molecule has 1 aliphatic rings. The van der Waals surface area contributed by atoms with Crippen LogP contribution in [0, 0.1) is 0 Å². The Kier molecular flexibility index (Phi) is 4.93. The number of hydrogen-bond donors (Lipinski definition) is 2. The van der Waals surface area contributed by atoms with Gasteiger partial charge in [-0.25, -0.2) is 0 Å². The molecule has 0 bridgehead atoms. The smallest absolute Gasteiger partial charge is 0.132 e. The molecule has 22 heavy (non-hydrogen) atoms. The van der Waals surface area contributed by atoms with Crippen molar-refractivity contribution in [3.63, 3.8) is 0 Å². The zero-order valence-electron chi connectivity index (χ0n) is 12.6. The number of hydrogen-bond acceptors (Lipinski definition) is 4. The van der Waals surface area contributed by atoms with Gasteiger partial charge in [-0.3, -0.25) is 4.90 Å². The molecule has 3 rings (SSSR count). The number of benzene rings is 1. The van der Waals surface area contributed by atoms with Gasteiger partial charge < -0.3 is 14.6 Å². The van der Waals surface area contributed by atoms with Crippen molar-refractivity contribution >= 4 is 0 Å². The van der Waals surface area contributed by atoms with Crippen molar-refractivity contribution < 1.29 is 14.6 Å². The lowest BCUT2D eigenvalue weighted by atomic mass is 10.0. The Morgan fingerprint density at radius 1 is 1.09 bits per heavy atom. The monoisotopic (exact) mass is 301 g/mol. The Morgan fingerprint density at radius 2 is 1.91 bits per heavy atom. The molecule has 3 unspecified atom stereocenters. The van der Waals surface area contributed by atoms with Crippen molar-refractivity contribution in [2.75, 3.05) is 13.1 Å². The lowest BCUT2D eigenvalue weighted by molar-refractivity contribution is 0.0708. The standard InChI is InChI=1S/C18H23NO3/c20-16(18-9-5-11-22-18)12-15-8-4-10-19(15)13-17(21)14-6-2-1-3-7-14/h1-3,5-7,9,11,15-17,20-21H,4,8,10,12-13H2. The topological polar surface area (TPSA) is 56.8 Å². The fourth-order valence-corrected chi connectivity index (χ4v) is 3.26. The first kappa shape index (κ1) is 15.3. The summed E-state index contributed by atoms with van der Waals surface area (Å²) in [6.45, 7) is 1.58. The number of aliphatic hydroxyl groups is 2. The predicted octanol–water partition coefficient (Wildman–Crippen LogP) is 2.90. The fraction of sp³-hybridized carbons (Fsp3) is 0.444. The number of furan rings is 1. The number of likely N-dealkylation sites (tertiary alicyclic amines) is 1. The van der Waals surface area contributed by atoms with E-state index in [4.69, 9.17) is 4.42 Å². The Labute approximate surface area is 131 Å². The van der Waals surface area contributed by atoms with Gasteiger partial charge in [0.25, 0.3) is 0 Å². The van der Waals surface area contributed by atoms with Crippen LogP contribution in [0.2, 0.25) is 0 Å². The van der Waals surface area contributed by atoms with Crippen molar-refractivity contribution in [1.82, 2.24) is 4.90 Å². The van der Waals surface area contributed by atoms with Crippen LogP contribution in [0.1, 0.15) is 42.8 Å². The highest BCUT2D eigenvalue weighted by Gasteiger charge is 2.29. The molecule has 1 aliphatic heterocycles. The Bertz CT molecular complexity index is 555. The third-order valence-corrected chi connectivity index (χ3v) is 4.46. The number of β-amino-alcohol motifs (C(OH)–C–C–N with tert-alkyl or cyclic N) is 1. The molecule has 4 heteroatoms. The van der Waals surface area contributed by atoms with Crippen molar-refractivity contribution in [2.45, 2.75) is 37.5 Å². The van der Waals surface area contributed by atoms with E-state index in [0.717, 1.165) is 24.9 Å². The third-order valence-electron chi connectivity index (χ3n) is 4.46. The highest BCUT2D eigenvalue weighted by molar-refractivity contribution is 5.17. The van der Waals surface area contributed by atoms with Crippen LogP contribution in [-0.2, 0) is 0 Å². The molecule has 0 saturated carbocycles. The van der Waals surface area contributed by atoms with E-state index in [1.807, 2.05) is 36.4 Å². The lowest BCUT2D eigenvalue weighted by Crippen LogP contribution is -2.34. The van der Waals surface area contributed by atoms with E-state index >= 15 is 0 Å². The second kappa shape index (κ2) is 7.09. The molecule has 118 valence electrons. The van der Waals surface area contributed by atoms with Crippen LogP contribution in [0.15, 0.2) is 53.1 Å². The van der Waals surface area contributed by atoms with Crippen molar-refractivity contribution in [3.05, 3.63) is 60.1 Å². The first-order valence-electron chi connectivity index (χ1n) is 7.92. The first-order valence-corrected chi connectivity index (χ1v) is 7.92. The molecule has 1 saturated heterocycles. The van der Waals surface area contributed by atoms with Gasteiger partial charge in [-0.1, -0.05) is 30.3 Å². The predicted molar refractivity (Wildman–Crippen MR) is 84.3 cm³/mol. The van der Waals surface area contributed by atoms with Crippen LogP contribution in [0.3, 0.4) is 0 Å². The molecule has 0 radical (unpaired) electrons. The molecule has 1 fully saturated rings. The van der Waals surface area contributed by atoms with Gasteiger partial charge in [-0.2, -0.15) is 0 Å². The molecule has 2 N–H and O–H groups in total. The van der Waals surface area contributed by atoms with Gasteiger partial charge in [0.05, 0.1) is 12.4 Å². The third kappa shape index (κ3) is 3.58. The molecule has 0 amide bonds. The van der Waals surface area contributed by atoms with E-state index < -0.39 is 12.2 Å². The Balaban J connectivity index is 1.59. The van der Waals surface area contributed by atoms with Crippen LogP contribution in [0.4, 0.5) is 0 Å². The summed E-state index contributed by atoms with van der Waals surface area (Å²) in [6, 6.07) is 13.6. The summed E-state index contributed by atoms with van der Waals surface area (Å²) >= 11 is 0. The van der Waals surface area contributed by atoms with Crippen LogP contribution >= 0.6 is 0 Å². The van der Waals surface area contributed by atoms with Gasteiger partial charge in [0.15, 0.2) is 0 Å². The summed E-state index contributed by atoms with van der Waals surface area (Å²) in [4.78, 5) is 2.28. The molecular formula is C18H23NO3. The minimum Gasteiger partial charge on any atom is -0.467 e. The molecule has 0 aliphatic carbocycles. The number of rotatable bonds is 6. The van der Waals surface area contributed by atoms with E-state index in [0.29, 0.717) is 24.8 Å². The second-order valence-corrected chi connectivity index (χ2v) is 5.98. The minimum atomic E-state index is -0.575. The molecule has 4 nitrogen and oxygen atoms in total. The summed E-state index contributed by atoms with van der Waals surface area (Å²) in [7, 11) is 0. The van der Waals surface area contributed by atoms with E-state index in [1.165, 1.54) is 0 Å². The normalized spacial score (nSPS) is 21.8. The second-order valence-electron chi connectivity index (χ2n) is 5.98. The lowest BCUT2D eigenvalue weighted by Gasteiger charge is -2.28. The van der Waals surface area contributed by atoms with Crippen LogP contribution in [0.25, 0.3) is 0 Å². The summed E-state index contributed by atoms with van der Waals surface area (Å²) in [5.41, 5.74) is 0.944. The molecule has 1 aromatic heterocycles. The fourth-order valence-electron chi connectivity index (χ4n) is 3.26. The number of nitrogens with zero attached hydrogens (tertiary/aromatic N) is 1. The van der Waals surface area contributed by atoms with Crippen LogP contribution < -0.4 is 0 Å². The van der Waals surface area contributed by atoms with E-state index in [1.54, 1.807) is 12.3 Å². The summed E-state index contributed by atoms with van der Waals surface area (Å²) in [5, 5.41) is 20.6. The van der Waals surface area contributed by atoms with Crippen molar-refractivity contribution in [1.29, 1.82) is 0 Å². The zero-order chi connectivity index (χ0) is 15.4. The van der Waals surface area contributed by atoms with Gasteiger partial charge in [0.1, 0.15) is 11.9 Å². The SMILES string of the molecule is OC(CN1CCCC1CC(O)c1ccco1)c1ccccc1. The van der Waals surface area contributed by atoms with Gasteiger partial charge in [-0.05, 0) is 43.5 Å². The number of aliphatic hydroxyl groups excluding tert-OH is 2. The van der Waals surface area contributed by atoms with E-state index in [9.17, 15) is 10.2 Å². The summed E-state index contributed by atoms with van der Waals surface area (Å²) in [5.74, 6) is 0.621. The summed E-state index contributed by atoms with van der Waals surface area (Å²) in [6.07, 6.45) is 3.34. The van der Waals surface area contributed by atoms with Gasteiger partial charge in [0, 0.05) is 12.6 Å². The molecule has 3 atom stereocenters. The van der Waals surface area contributed by atoms with E-state index in [-0.39, 0.29) is 0 Å². The Hall–Kier alpha value is -1.62. The maximum atomic E-state index is 10.4. The average molecular weight is 301 g/mol. The van der Waals surface area contributed by atoms with E-state index in [2.05, 4.69) is 4.90 Å². The molecule has 2 heterocycles. The highest BCUT2D eigenvalue weighted by Crippen LogP contribution is 2.29. The molecule has 0 spiro atoms. The maximum Gasteiger partial charge on any atom is 0.132 e. The maximum absolute atomic E-state index is 10.4. The molecule has 2 aromatic rings. The van der Waals surface area contributed by atoms with Gasteiger partial charge in [-0.15, -0.1) is 0 Å². The largest absolute Gasteiger partial charge is 0.467 e. The van der Waals surface area contributed by atoms with Gasteiger partial charge in [0.2, 0.25) is 0 Å². The minimum absolute atomic E-state index is 0.290. The van der Waals surface area contributed by atoms with Crippen molar-refractivity contribution in [3.8, 4) is 0 Å². The molecular weight excluding hydrogens is 278 g/mol. The highest BCUT2D eigenvalue weighted by atomic mass is 16.4. The van der Waals surface area contributed by atoms with Crippen LogP contribution in [-0.4, -0.2) is 34.2 Å². The molecule has 1 aromatic carbocycles. The van der Waals surface area contributed by atoms with Gasteiger partial charge >= 0.3 is 0 Å². The van der Waals surface area contributed by atoms with Crippen molar-refractivity contribution in [2.24, 2.45) is 0 Å². The van der Waals surface area contributed by atoms with Crippen LogP contribution in [0.5, 0.6) is 0 Å². The first-order chi connectivity index (χ1) is 10.7. The zero-order valence-corrected chi connectivity index (χ0v) is 12.6. The quantitative estimate of drug-likeness (QED) is 0.861.